The lowest BCUT2D eigenvalue weighted by Gasteiger charge is -2.36. The fraction of sp³-hybridized carbons (Fsp3) is 0.450. The van der Waals surface area contributed by atoms with Crippen LogP contribution in [0.2, 0.25) is 0 Å². The largest absolute Gasteiger partial charge is 0.454 e. The van der Waals surface area contributed by atoms with Gasteiger partial charge in [0.05, 0.1) is 0 Å². The Hall–Kier alpha value is -3.03. The van der Waals surface area contributed by atoms with Gasteiger partial charge in [-0.2, -0.15) is 0 Å². The van der Waals surface area contributed by atoms with Crippen molar-refractivity contribution in [1.29, 1.82) is 0 Å². The van der Waals surface area contributed by atoms with Crippen LogP contribution in [0.5, 0.6) is 11.5 Å². The summed E-state index contributed by atoms with van der Waals surface area (Å²) in [5.41, 5.74) is 1.20. The topological polar surface area (TPSA) is 75.1 Å². The van der Waals surface area contributed by atoms with E-state index in [-0.39, 0.29) is 0 Å². The number of hydrogen-bond acceptors (Lipinski definition) is 6. The van der Waals surface area contributed by atoms with E-state index in [9.17, 15) is 0 Å². The summed E-state index contributed by atoms with van der Waals surface area (Å²) in [5.74, 6) is 3.41. The summed E-state index contributed by atoms with van der Waals surface area (Å²) < 4.78 is 10.8. The number of fused-ring (bicyclic) bond motifs is 1. The highest BCUT2D eigenvalue weighted by Crippen LogP contribution is 2.32. The summed E-state index contributed by atoms with van der Waals surface area (Å²) in [4.78, 5) is 18.1. The highest BCUT2D eigenvalue weighted by molar-refractivity contribution is 5.80. The maximum absolute atomic E-state index is 5.45. The summed E-state index contributed by atoms with van der Waals surface area (Å²) in [6.45, 7) is 7.55. The standard InChI is InChI=1S/C20H26N6O2/c1-2-21-19(24-9-6-16-4-5-17-18(14-16)28-15-27-17)25-10-12-26(13-11-25)20-22-7-3-8-23-20/h3-5,7-8,14H,2,6,9-13,15H2,1H3,(H,21,24). The van der Waals surface area contributed by atoms with E-state index in [0.29, 0.717) is 6.79 Å². The number of ether oxygens (including phenoxy) is 2. The summed E-state index contributed by atoms with van der Waals surface area (Å²) in [6.07, 6.45) is 4.44. The van der Waals surface area contributed by atoms with E-state index < -0.39 is 0 Å². The predicted octanol–water partition coefficient (Wildman–Crippen LogP) is 1.54. The van der Waals surface area contributed by atoms with Gasteiger partial charge in [0.1, 0.15) is 0 Å². The van der Waals surface area contributed by atoms with E-state index in [4.69, 9.17) is 14.5 Å². The maximum atomic E-state index is 5.45. The van der Waals surface area contributed by atoms with Gasteiger partial charge in [0.25, 0.3) is 0 Å². The lowest BCUT2D eigenvalue weighted by atomic mass is 10.1. The van der Waals surface area contributed by atoms with Crippen LogP contribution in [0.4, 0.5) is 5.95 Å². The molecule has 1 aromatic heterocycles. The molecule has 1 saturated heterocycles. The molecule has 8 nitrogen and oxygen atoms in total. The van der Waals surface area contributed by atoms with Crippen molar-refractivity contribution >= 4 is 11.9 Å². The van der Waals surface area contributed by atoms with Crippen molar-refractivity contribution in [3.8, 4) is 11.5 Å². The fourth-order valence-electron chi connectivity index (χ4n) is 3.39. The third kappa shape index (κ3) is 4.27. The molecular weight excluding hydrogens is 356 g/mol. The molecule has 1 fully saturated rings. The SMILES string of the molecule is CCNC(=NCCc1ccc2c(c1)OCO2)N1CCN(c2ncccn2)CC1. The molecule has 0 bridgehead atoms. The zero-order chi connectivity index (χ0) is 19.2. The first-order valence-corrected chi connectivity index (χ1v) is 9.77. The number of hydrogen-bond donors (Lipinski definition) is 1. The summed E-state index contributed by atoms with van der Waals surface area (Å²) in [7, 11) is 0. The summed E-state index contributed by atoms with van der Waals surface area (Å²) >= 11 is 0. The van der Waals surface area contributed by atoms with Gasteiger partial charge in [-0.25, -0.2) is 9.97 Å². The number of guanidine groups is 1. The average molecular weight is 382 g/mol. The Labute approximate surface area is 165 Å². The number of piperazine rings is 1. The molecule has 148 valence electrons. The van der Waals surface area contributed by atoms with E-state index >= 15 is 0 Å². The normalized spacial score (nSPS) is 16.4. The Morgan fingerprint density at radius 3 is 2.68 bits per heavy atom. The Bertz CT molecular complexity index is 806. The number of nitrogens with zero attached hydrogens (tertiary/aromatic N) is 5. The number of aromatic nitrogens is 2. The Morgan fingerprint density at radius 2 is 1.89 bits per heavy atom. The zero-order valence-corrected chi connectivity index (χ0v) is 16.2. The smallest absolute Gasteiger partial charge is 0.231 e. The minimum absolute atomic E-state index is 0.307. The minimum atomic E-state index is 0.307. The first kappa shape index (κ1) is 18.3. The average Bonchev–Trinajstić information content (AvgIpc) is 3.22. The Morgan fingerprint density at radius 1 is 1.11 bits per heavy atom. The van der Waals surface area contributed by atoms with Gasteiger partial charge < -0.3 is 24.6 Å². The van der Waals surface area contributed by atoms with Gasteiger partial charge in [-0.15, -0.1) is 0 Å². The van der Waals surface area contributed by atoms with E-state index in [0.717, 1.165) is 69.1 Å². The molecule has 0 saturated carbocycles. The van der Waals surface area contributed by atoms with E-state index in [1.807, 2.05) is 18.2 Å². The molecule has 1 aromatic carbocycles. The second-order valence-electron chi connectivity index (χ2n) is 6.70. The van der Waals surface area contributed by atoms with Gasteiger partial charge in [0.2, 0.25) is 12.7 Å². The molecule has 3 heterocycles. The highest BCUT2D eigenvalue weighted by atomic mass is 16.7. The van der Waals surface area contributed by atoms with Crippen LogP contribution in [0.15, 0.2) is 41.7 Å². The molecule has 2 aliphatic rings. The lowest BCUT2D eigenvalue weighted by molar-refractivity contribution is 0.174. The van der Waals surface area contributed by atoms with Crippen LogP contribution >= 0.6 is 0 Å². The van der Waals surface area contributed by atoms with Crippen LogP contribution < -0.4 is 19.7 Å². The second kappa shape index (κ2) is 8.77. The Kier molecular flexibility index (Phi) is 5.75. The van der Waals surface area contributed by atoms with Crippen LogP contribution in [0, 0.1) is 0 Å². The van der Waals surface area contributed by atoms with E-state index in [1.165, 1.54) is 5.56 Å². The van der Waals surface area contributed by atoms with E-state index in [1.54, 1.807) is 12.4 Å². The van der Waals surface area contributed by atoms with Crippen molar-refractivity contribution in [2.45, 2.75) is 13.3 Å². The lowest BCUT2D eigenvalue weighted by Crippen LogP contribution is -2.53. The maximum Gasteiger partial charge on any atom is 0.231 e. The van der Waals surface area contributed by atoms with Gasteiger partial charge in [-0.05, 0) is 37.1 Å². The molecular formula is C20H26N6O2. The quantitative estimate of drug-likeness (QED) is 0.621. The van der Waals surface area contributed by atoms with Crippen molar-refractivity contribution in [1.82, 2.24) is 20.2 Å². The summed E-state index contributed by atoms with van der Waals surface area (Å²) in [5, 5.41) is 3.42. The molecule has 8 heteroatoms. The van der Waals surface area contributed by atoms with Crippen molar-refractivity contribution in [3.63, 3.8) is 0 Å². The monoisotopic (exact) mass is 382 g/mol. The van der Waals surface area contributed by atoms with Crippen LogP contribution in [-0.4, -0.2) is 66.9 Å². The number of aliphatic imine (C=N–C) groups is 1. The summed E-state index contributed by atoms with van der Waals surface area (Å²) in [6, 6.07) is 7.94. The van der Waals surface area contributed by atoms with Crippen molar-refractivity contribution in [2.24, 2.45) is 4.99 Å². The number of anilines is 1. The molecule has 2 aliphatic heterocycles. The molecule has 2 aromatic rings. The van der Waals surface area contributed by atoms with Crippen molar-refractivity contribution in [3.05, 3.63) is 42.2 Å². The first-order valence-electron chi connectivity index (χ1n) is 9.77. The van der Waals surface area contributed by atoms with Crippen molar-refractivity contribution < 1.29 is 9.47 Å². The molecule has 0 unspecified atom stereocenters. The number of benzene rings is 1. The minimum Gasteiger partial charge on any atom is -0.454 e. The molecule has 0 atom stereocenters. The molecule has 0 spiro atoms. The third-order valence-corrected chi connectivity index (χ3v) is 4.85. The number of rotatable bonds is 5. The van der Waals surface area contributed by atoms with Crippen LogP contribution in [0.25, 0.3) is 0 Å². The number of nitrogens with one attached hydrogen (secondary N) is 1. The predicted molar refractivity (Wildman–Crippen MR) is 108 cm³/mol. The Balaban J connectivity index is 1.33. The van der Waals surface area contributed by atoms with Gasteiger partial charge in [0.15, 0.2) is 17.5 Å². The second-order valence-corrected chi connectivity index (χ2v) is 6.70. The highest BCUT2D eigenvalue weighted by Gasteiger charge is 2.21. The first-order chi connectivity index (χ1) is 13.8. The molecule has 4 rings (SSSR count). The van der Waals surface area contributed by atoms with Crippen molar-refractivity contribution in [2.75, 3.05) is 51.0 Å². The molecule has 28 heavy (non-hydrogen) atoms. The van der Waals surface area contributed by atoms with Crippen LogP contribution in [-0.2, 0) is 6.42 Å². The molecule has 0 amide bonds. The van der Waals surface area contributed by atoms with Gasteiger partial charge >= 0.3 is 0 Å². The molecule has 1 N–H and O–H groups in total. The molecule has 0 aliphatic carbocycles. The third-order valence-electron chi connectivity index (χ3n) is 4.85. The van der Waals surface area contributed by atoms with Gasteiger partial charge in [-0.1, -0.05) is 6.07 Å². The van der Waals surface area contributed by atoms with Gasteiger partial charge in [-0.3, -0.25) is 4.99 Å². The van der Waals surface area contributed by atoms with E-state index in [2.05, 4.69) is 38.1 Å². The van der Waals surface area contributed by atoms with Crippen LogP contribution in [0.1, 0.15) is 12.5 Å². The van der Waals surface area contributed by atoms with Crippen LogP contribution in [0.3, 0.4) is 0 Å². The zero-order valence-electron chi connectivity index (χ0n) is 16.2. The molecule has 0 radical (unpaired) electrons. The van der Waals surface area contributed by atoms with Gasteiger partial charge in [0, 0.05) is 51.7 Å². The fourth-order valence-corrected chi connectivity index (χ4v) is 3.39.